The Morgan fingerprint density at radius 1 is 1.00 bits per heavy atom. The third kappa shape index (κ3) is 5.41. The number of anilines is 1. The summed E-state index contributed by atoms with van der Waals surface area (Å²) in [6, 6.07) is 6.49. The van der Waals surface area contributed by atoms with Crippen LogP contribution >= 0.6 is 0 Å². The molecule has 0 saturated carbocycles. The summed E-state index contributed by atoms with van der Waals surface area (Å²) < 4.78 is 11.2. The molecule has 0 amide bonds. The summed E-state index contributed by atoms with van der Waals surface area (Å²) in [7, 11) is 0. The van der Waals surface area contributed by atoms with E-state index in [-0.39, 0.29) is 0 Å². The Morgan fingerprint density at radius 3 is 2.21 bits per heavy atom. The van der Waals surface area contributed by atoms with E-state index in [1.165, 1.54) is 0 Å². The van der Waals surface area contributed by atoms with Gasteiger partial charge in [-0.1, -0.05) is 13.8 Å². The molecular weight excluding hydrogens is 238 g/mol. The SMILES string of the molecule is CCOc1ccc(NC(C)CC(C)C)cc1OCC. The fourth-order valence-electron chi connectivity index (χ4n) is 2.19. The van der Waals surface area contributed by atoms with Gasteiger partial charge in [0.1, 0.15) is 0 Å². The van der Waals surface area contributed by atoms with E-state index in [0.717, 1.165) is 23.6 Å². The molecule has 1 aromatic carbocycles. The van der Waals surface area contributed by atoms with Crippen LogP contribution in [0.25, 0.3) is 0 Å². The number of rotatable bonds is 8. The molecule has 3 nitrogen and oxygen atoms in total. The number of hydrogen-bond donors (Lipinski definition) is 1. The highest BCUT2D eigenvalue weighted by atomic mass is 16.5. The van der Waals surface area contributed by atoms with Gasteiger partial charge in [0.2, 0.25) is 0 Å². The lowest BCUT2D eigenvalue weighted by atomic mass is 10.1. The zero-order valence-corrected chi connectivity index (χ0v) is 12.8. The van der Waals surface area contributed by atoms with Gasteiger partial charge in [0.05, 0.1) is 13.2 Å². The van der Waals surface area contributed by atoms with Crippen molar-refractivity contribution in [3.8, 4) is 11.5 Å². The first-order valence-electron chi connectivity index (χ1n) is 7.23. The molecule has 0 spiro atoms. The Kier molecular flexibility index (Phi) is 6.54. The summed E-state index contributed by atoms with van der Waals surface area (Å²) >= 11 is 0. The minimum absolute atomic E-state index is 0.451. The molecule has 3 heteroatoms. The van der Waals surface area contributed by atoms with Gasteiger partial charge in [-0.15, -0.1) is 0 Å². The summed E-state index contributed by atoms with van der Waals surface area (Å²) in [5, 5.41) is 3.51. The van der Waals surface area contributed by atoms with Crippen molar-refractivity contribution in [2.75, 3.05) is 18.5 Å². The first-order valence-corrected chi connectivity index (χ1v) is 7.23. The van der Waals surface area contributed by atoms with E-state index in [0.29, 0.717) is 25.2 Å². The Labute approximate surface area is 117 Å². The molecule has 0 fully saturated rings. The van der Waals surface area contributed by atoms with E-state index in [1.807, 2.05) is 32.0 Å². The van der Waals surface area contributed by atoms with E-state index < -0.39 is 0 Å². The molecular formula is C16H27NO2. The molecule has 0 aliphatic heterocycles. The van der Waals surface area contributed by atoms with Gasteiger partial charge in [-0.3, -0.25) is 0 Å². The third-order valence-corrected chi connectivity index (χ3v) is 2.78. The highest BCUT2D eigenvalue weighted by molar-refractivity contribution is 5.55. The number of hydrogen-bond acceptors (Lipinski definition) is 3. The van der Waals surface area contributed by atoms with Gasteiger partial charge < -0.3 is 14.8 Å². The molecule has 1 unspecified atom stereocenters. The quantitative estimate of drug-likeness (QED) is 0.759. The molecule has 0 aliphatic rings. The van der Waals surface area contributed by atoms with Crippen LogP contribution in [0.15, 0.2) is 18.2 Å². The van der Waals surface area contributed by atoms with Gasteiger partial charge in [-0.2, -0.15) is 0 Å². The Bertz CT molecular complexity index is 377. The summed E-state index contributed by atoms with van der Waals surface area (Å²) in [5.74, 6) is 2.31. The van der Waals surface area contributed by atoms with Crippen molar-refractivity contribution in [1.82, 2.24) is 0 Å². The Hall–Kier alpha value is -1.38. The topological polar surface area (TPSA) is 30.5 Å². The van der Waals surface area contributed by atoms with Crippen LogP contribution in [0.5, 0.6) is 11.5 Å². The maximum absolute atomic E-state index is 5.63. The molecule has 108 valence electrons. The normalized spacial score (nSPS) is 12.3. The van der Waals surface area contributed by atoms with Crippen LogP contribution in [0.2, 0.25) is 0 Å². The molecule has 0 bridgehead atoms. The number of nitrogens with one attached hydrogen (secondary N) is 1. The van der Waals surface area contributed by atoms with Gasteiger partial charge in [-0.25, -0.2) is 0 Å². The fourth-order valence-corrected chi connectivity index (χ4v) is 2.19. The second-order valence-corrected chi connectivity index (χ2v) is 5.20. The predicted octanol–water partition coefficient (Wildman–Crippen LogP) is 4.33. The average Bonchev–Trinajstić information content (AvgIpc) is 2.32. The standard InChI is InChI=1S/C16H27NO2/c1-6-18-15-9-8-14(11-16(15)19-7-2)17-13(5)10-12(3)4/h8-9,11-13,17H,6-7,10H2,1-5H3. The lowest BCUT2D eigenvalue weighted by molar-refractivity contribution is 0.288. The van der Waals surface area contributed by atoms with Crippen molar-refractivity contribution in [3.05, 3.63) is 18.2 Å². The first kappa shape index (κ1) is 15.7. The van der Waals surface area contributed by atoms with Crippen molar-refractivity contribution in [2.45, 2.75) is 47.1 Å². The van der Waals surface area contributed by atoms with Gasteiger partial charge in [0.25, 0.3) is 0 Å². The number of benzene rings is 1. The fraction of sp³-hybridized carbons (Fsp3) is 0.625. The van der Waals surface area contributed by atoms with Gasteiger partial charge in [0.15, 0.2) is 11.5 Å². The Morgan fingerprint density at radius 2 is 1.63 bits per heavy atom. The zero-order valence-electron chi connectivity index (χ0n) is 12.8. The minimum Gasteiger partial charge on any atom is -0.490 e. The van der Waals surface area contributed by atoms with Gasteiger partial charge in [0, 0.05) is 17.8 Å². The second-order valence-electron chi connectivity index (χ2n) is 5.20. The summed E-state index contributed by atoms with van der Waals surface area (Å²) in [6.07, 6.45) is 1.15. The summed E-state index contributed by atoms with van der Waals surface area (Å²) in [4.78, 5) is 0. The zero-order chi connectivity index (χ0) is 14.3. The number of ether oxygens (including phenoxy) is 2. The van der Waals surface area contributed by atoms with Crippen LogP contribution in [-0.2, 0) is 0 Å². The van der Waals surface area contributed by atoms with Crippen molar-refractivity contribution >= 4 is 5.69 Å². The van der Waals surface area contributed by atoms with Crippen LogP contribution < -0.4 is 14.8 Å². The van der Waals surface area contributed by atoms with Crippen LogP contribution in [0, 0.1) is 5.92 Å². The van der Waals surface area contributed by atoms with Gasteiger partial charge >= 0.3 is 0 Å². The maximum Gasteiger partial charge on any atom is 0.163 e. The van der Waals surface area contributed by atoms with Crippen LogP contribution in [0.4, 0.5) is 5.69 Å². The van der Waals surface area contributed by atoms with Crippen LogP contribution in [0.3, 0.4) is 0 Å². The molecule has 0 aromatic heterocycles. The van der Waals surface area contributed by atoms with E-state index in [1.54, 1.807) is 0 Å². The van der Waals surface area contributed by atoms with E-state index >= 15 is 0 Å². The molecule has 0 heterocycles. The van der Waals surface area contributed by atoms with Crippen molar-refractivity contribution in [3.63, 3.8) is 0 Å². The highest BCUT2D eigenvalue weighted by Gasteiger charge is 2.09. The Balaban J connectivity index is 2.76. The molecule has 0 saturated heterocycles. The molecule has 19 heavy (non-hydrogen) atoms. The van der Waals surface area contributed by atoms with E-state index in [2.05, 4.69) is 26.1 Å². The van der Waals surface area contributed by atoms with Crippen LogP contribution in [0.1, 0.15) is 41.0 Å². The molecule has 0 radical (unpaired) electrons. The monoisotopic (exact) mass is 265 g/mol. The maximum atomic E-state index is 5.63. The molecule has 1 aromatic rings. The summed E-state index contributed by atoms with van der Waals surface area (Å²) in [6.45, 7) is 11.9. The largest absolute Gasteiger partial charge is 0.490 e. The smallest absolute Gasteiger partial charge is 0.163 e. The molecule has 1 rings (SSSR count). The second kappa shape index (κ2) is 7.93. The lowest BCUT2D eigenvalue weighted by Gasteiger charge is -2.19. The van der Waals surface area contributed by atoms with Crippen molar-refractivity contribution in [1.29, 1.82) is 0 Å². The van der Waals surface area contributed by atoms with E-state index in [9.17, 15) is 0 Å². The first-order chi connectivity index (χ1) is 9.06. The molecule has 1 atom stereocenters. The molecule has 1 N–H and O–H groups in total. The van der Waals surface area contributed by atoms with Gasteiger partial charge in [-0.05, 0) is 45.2 Å². The predicted molar refractivity (Wildman–Crippen MR) is 81.3 cm³/mol. The lowest BCUT2D eigenvalue weighted by Crippen LogP contribution is -2.17. The van der Waals surface area contributed by atoms with Crippen molar-refractivity contribution in [2.24, 2.45) is 5.92 Å². The van der Waals surface area contributed by atoms with Crippen LogP contribution in [-0.4, -0.2) is 19.3 Å². The van der Waals surface area contributed by atoms with Crippen molar-refractivity contribution < 1.29 is 9.47 Å². The minimum atomic E-state index is 0.451. The van der Waals surface area contributed by atoms with E-state index in [4.69, 9.17) is 9.47 Å². The third-order valence-electron chi connectivity index (χ3n) is 2.78. The highest BCUT2D eigenvalue weighted by Crippen LogP contribution is 2.31. The average molecular weight is 265 g/mol. The summed E-state index contributed by atoms with van der Waals surface area (Å²) in [5.41, 5.74) is 1.08. The molecule has 0 aliphatic carbocycles.